The third kappa shape index (κ3) is 6.37. The zero-order valence-electron chi connectivity index (χ0n) is 20.6. The van der Waals surface area contributed by atoms with Crippen LogP contribution in [-0.2, 0) is 10.0 Å². The molecular weight excluding hydrogens is 486 g/mol. The summed E-state index contributed by atoms with van der Waals surface area (Å²) in [4.78, 5) is 11.6. The Labute approximate surface area is 217 Å². The number of aryl methyl sites for hydroxylation is 1. The zero-order chi connectivity index (χ0) is 25.7. The van der Waals surface area contributed by atoms with Crippen LogP contribution in [0.25, 0.3) is 0 Å². The molecule has 9 heteroatoms. The van der Waals surface area contributed by atoms with E-state index in [0.717, 1.165) is 30.3 Å². The van der Waals surface area contributed by atoms with E-state index in [2.05, 4.69) is 24.9 Å². The Balaban J connectivity index is 1.23. The Bertz CT molecular complexity index is 1440. The Morgan fingerprint density at radius 3 is 2.14 bits per heavy atom. The topological polar surface area (TPSA) is 96.5 Å². The molecule has 4 aromatic rings. The van der Waals surface area contributed by atoms with Crippen LogP contribution < -0.4 is 19.7 Å². The number of rotatable bonds is 8. The molecule has 1 aliphatic rings. The van der Waals surface area contributed by atoms with Crippen molar-refractivity contribution in [1.29, 1.82) is 0 Å². The van der Waals surface area contributed by atoms with Gasteiger partial charge in [0.1, 0.15) is 17.3 Å². The Morgan fingerprint density at radius 2 is 1.43 bits per heavy atom. The smallest absolute Gasteiger partial charge is 0.261 e. The highest BCUT2D eigenvalue weighted by molar-refractivity contribution is 7.92. The van der Waals surface area contributed by atoms with Crippen LogP contribution in [0.3, 0.4) is 0 Å². The third-order valence-corrected chi connectivity index (χ3v) is 7.42. The van der Waals surface area contributed by atoms with Crippen molar-refractivity contribution in [3.63, 3.8) is 0 Å². The van der Waals surface area contributed by atoms with Gasteiger partial charge in [0.25, 0.3) is 10.0 Å². The maximum absolute atomic E-state index is 12.9. The van der Waals surface area contributed by atoms with Gasteiger partial charge in [0.2, 0.25) is 5.95 Å². The Kier molecular flexibility index (Phi) is 7.23. The number of ether oxygens (including phenoxy) is 1. The molecule has 8 nitrogen and oxygen atoms in total. The SMILES string of the molecule is Cc1cc(N2CCCCC2)nc(Nc2ccc(NS(=O)(=O)c3ccc(Oc4ccccc4)cc3)cc2)n1. The van der Waals surface area contributed by atoms with Crippen LogP contribution in [0.2, 0.25) is 0 Å². The van der Waals surface area contributed by atoms with E-state index in [0.29, 0.717) is 23.1 Å². The maximum Gasteiger partial charge on any atom is 0.261 e. The second-order valence-corrected chi connectivity index (χ2v) is 10.6. The monoisotopic (exact) mass is 515 g/mol. The van der Waals surface area contributed by atoms with Gasteiger partial charge in [-0.1, -0.05) is 18.2 Å². The number of sulfonamides is 1. The van der Waals surface area contributed by atoms with Crippen LogP contribution in [0.15, 0.2) is 89.8 Å². The fourth-order valence-corrected chi connectivity index (χ4v) is 5.23. The molecule has 2 heterocycles. The average molecular weight is 516 g/mol. The number of anilines is 4. The number of benzene rings is 3. The second-order valence-electron chi connectivity index (χ2n) is 8.93. The van der Waals surface area contributed by atoms with Crippen LogP contribution in [-0.4, -0.2) is 31.5 Å². The molecule has 1 saturated heterocycles. The summed E-state index contributed by atoms with van der Waals surface area (Å²) >= 11 is 0. The van der Waals surface area contributed by atoms with Crippen molar-refractivity contribution < 1.29 is 13.2 Å². The van der Waals surface area contributed by atoms with Crippen LogP contribution in [0.5, 0.6) is 11.5 Å². The van der Waals surface area contributed by atoms with Crippen LogP contribution >= 0.6 is 0 Å². The molecule has 37 heavy (non-hydrogen) atoms. The van der Waals surface area contributed by atoms with Crippen molar-refractivity contribution >= 4 is 33.2 Å². The summed E-state index contributed by atoms with van der Waals surface area (Å²) in [5.74, 6) is 2.69. The molecule has 0 amide bonds. The first kappa shape index (κ1) is 24.6. The highest BCUT2D eigenvalue weighted by Gasteiger charge is 2.16. The van der Waals surface area contributed by atoms with Crippen LogP contribution in [0.4, 0.5) is 23.1 Å². The molecule has 0 aliphatic carbocycles. The van der Waals surface area contributed by atoms with Crippen molar-refractivity contribution in [2.45, 2.75) is 31.1 Å². The third-order valence-electron chi connectivity index (χ3n) is 6.03. The molecule has 2 N–H and O–H groups in total. The second kappa shape index (κ2) is 10.9. The minimum atomic E-state index is -3.75. The number of nitrogens with one attached hydrogen (secondary N) is 2. The maximum atomic E-state index is 12.9. The molecule has 0 bridgehead atoms. The Morgan fingerprint density at radius 1 is 0.784 bits per heavy atom. The first-order valence-electron chi connectivity index (χ1n) is 12.3. The molecule has 0 radical (unpaired) electrons. The lowest BCUT2D eigenvalue weighted by molar-refractivity contribution is 0.482. The minimum absolute atomic E-state index is 0.147. The summed E-state index contributed by atoms with van der Waals surface area (Å²) < 4.78 is 34.1. The summed E-state index contributed by atoms with van der Waals surface area (Å²) in [6, 6.07) is 24.6. The first-order chi connectivity index (χ1) is 17.9. The van der Waals surface area contributed by atoms with Gasteiger partial charge in [-0.2, -0.15) is 4.98 Å². The summed E-state index contributed by atoms with van der Waals surface area (Å²) in [6.45, 7) is 3.97. The van der Waals surface area contributed by atoms with Gasteiger partial charge < -0.3 is 15.0 Å². The molecule has 0 spiro atoms. The van der Waals surface area contributed by atoms with Crippen molar-refractivity contribution in [3.05, 3.63) is 90.6 Å². The van der Waals surface area contributed by atoms with Crippen molar-refractivity contribution in [3.8, 4) is 11.5 Å². The lowest BCUT2D eigenvalue weighted by Gasteiger charge is -2.28. The summed E-state index contributed by atoms with van der Waals surface area (Å²) in [5, 5.41) is 3.23. The predicted octanol–water partition coefficient (Wildman–Crippen LogP) is 6.11. The van der Waals surface area contributed by atoms with E-state index in [1.807, 2.05) is 43.3 Å². The zero-order valence-corrected chi connectivity index (χ0v) is 21.4. The molecule has 1 aliphatic heterocycles. The first-order valence-corrected chi connectivity index (χ1v) is 13.8. The number of piperidine rings is 1. The average Bonchev–Trinajstić information content (AvgIpc) is 2.91. The molecule has 3 aromatic carbocycles. The van der Waals surface area contributed by atoms with Gasteiger partial charge in [0.05, 0.1) is 4.90 Å². The number of para-hydroxylation sites is 1. The number of hydrogen-bond acceptors (Lipinski definition) is 7. The van der Waals surface area contributed by atoms with Gasteiger partial charge in [-0.25, -0.2) is 13.4 Å². The van der Waals surface area contributed by atoms with E-state index < -0.39 is 10.0 Å². The van der Waals surface area contributed by atoms with Gasteiger partial charge in [-0.05, 0) is 86.8 Å². The lowest BCUT2D eigenvalue weighted by atomic mass is 10.1. The molecule has 0 unspecified atom stereocenters. The normalized spacial score (nSPS) is 13.7. The molecule has 1 aromatic heterocycles. The molecule has 1 fully saturated rings. The van der Waals surface area contributed by atoms with Gasteiger partial charge in [0.15, 0.2) is 0 Å². The quantitative estimate of drug-likeness (QED) is 0.292. The van der Waals surface area contributed by atoms with Gasteiger partial charge in [0, 0.05) is 36.2 Å². The number of hydrogen-bond donors (Lipinski definition) is 2. The van der Waals surface area contributed by atoms with Crippen molar-refractivity contribution in [1.82, 2.24) is 9.97 Å². The number of nitrogens with zero attached hydrogens (tertiary/aromatic N) is 3. The predicted molar refractivity (Wildman–Crippen MR) is 146 cm³/mol. The van der Waals surface area contributed by atoms with Gasteiger partial charge >= 0.3 is 0 Å². The van der Waals surface area contributed by atoms with Crippen LogP contribution in [0.1, 0.15) is 25.0 Å². The summed E-state index contributed by atoms with van der Waals surface area (Å²) in [7, 11) is -3.75. The highest BCUT2D eigenvalue weighted by Crippen LogP contribution is 2.25. The van der Waals surface area contributed by atoms with Gasteiger partial charge in [-0.15, -0.1) is 0 Å². The van der Waals surface area contributed by atoms with E-state index in [4.69, 9.17) is 4.74 Å². The van der Waals surface area contributed by atoms with E-state index in [-0.39, 0.29) is 4.90 Å². The summed E-state index contributed by atoms with van der Waals surface area (Å²) in [6.07, 6.45) is 3.61. The van der Waals surface area contributed by atoms with E-state index in [1.54, 1.807) is 36.4 Å². The minimum Gasteiger partial charge on any atom is -0.457 e. The highest BCUT2D eigenvalue weighted by atomic mass is 32.2. The van der Waals surface area contributed by atoms with Crippen LogP contribution in [0, 0.1) is 6.92 Å². The molecule has 190 valence electrons. The van der Waals surface area contributed by atoms with Crippen molar-refractivity contribution in [2.75, 3.05) is 28.0 Å². The van der Waals surface area contributed by atoms with E-state index >= 15 is 0 Å². The fourth-order valence-electron chi connectivity index (χ4n) is 4.17. The van der Waals surface area contributed by atoms with E-state index in [9.17, 15) is 8.42 Å². The van der Waals surface area contributed by atoms with Crippen molar-refractivity contribution in [2.24, 2.45) is 0 Å². The lowest BCUT2D eigenvalue weighted by Crippen LogP contribution is -2.30. The van der Waals surface area contributed by atoms with E-state index in [1.165, 1.54) is 31.4 Å². The standard InChI is InChI=1S/C28H29N5O3S/c1-21-20-27(33-18-6-3-7-19-33)31-28(29-21)30-22-10-12-23(13-11-22)32-37(34,35)26-16-14-25(15-17-26)36-24-8-4-2-5-9-24/h2,4-5,8-17,20,32H,3,6-7,18-19H2,1H3,(H,29,30,31). The number of aromatic nitrogens is 2. The summed E-state index contributed by atoms with van der Waals surface area (Å²) in [5.41, 5.74) is 2.11. The fraction of sp³-hybridized carbons (Fsp3) is 0.214. The Hall–Kier alpha value is -4.11. The molecule has 0 saturated carbocycles. The van der Waals surface area contributed by atoms with Gasteiger partial charge in [-0.3, -0.25) is 4.72 Å². The largest absolute Gasteiger partial charge is 0.457 e. The molecule has 5 rings (SSSR count). The molecular formula is C28H29N5O3S. The molecule has 0 atom stereocenters.